The van der Waals surface area contributed by atoms with Crippen LogP contribution >= 0.6 is 0 Å². The largest absolute Gasteiger partial charge is 0.507 e. The molecule has 1 aliphatic rings. The van der Waals surface area contributed by atoms with E-state index in [1.54, 1.807) is 6.92 Å². The third kappa shape index (κ3) is 2.31. The maximum Gasteiger partial charge on any atom is 0.258 e. The van der Waals surface area contributed by atoms with Gasteiger partial charge in [0, 0.05) is 0 Å². The molecule has 0 aliphatic heterocycles. The molecule has 5 heteroatoms. The van der Waals surface area contributed by atoms with Gasteiger partial charge in [0.25, 0.3) is 5.91 Å². The fourth-order valence-corrected chi connectivity index (χ4v) is 2.05. The third-order valence-corrected chi connectivity index (χ3v) is 3.42. The number of nitrogens with one attached hydrogen (secondary N) is 1. The van der Waals surface area contributed by atoms with Gasteiger partial charge in [0.15, 0.2) is 0 Å². The molecule has 1 amide bonds. The number of benzene rings is 1. The van der Waals surface area contributed by atoms with Crippen molar-refractivity contribution in [3.05, 3.63) is 29.6 Å². The van der Waals surface area contributed by atoms with Crippen LogP contribution in [0, 0.1) is 11.7 Å². The van der Waals surface area contributed by atoms with Crippen LogP contribution < -0.4 is 5.32 Å². The van der Waals surface area contributed by atoms with Crippen molar-refractivity contribution in [1.82, 2.24) is 5.32 Å². The van der Waals surface area contributed by atoms with Crippen molar-refractivity contribution < 1.29 is 19.4 Å². The minimum atomic E-state index is -0.774. The summed E-state index contributed by atoms with van der Waals surface area (Å²) in [4.78, 5) is 12.0. The summed E-state index contributed by atoms with van der Waals surface area (Å²) in [5.41, 5.74) is -1.14. The highest BCUT2D eigenvalue weighted by Gasteiger charge is 2.42. The van der Waals surface area contributed by atoms with E-state index < -0.39 is 23.0 Å². The first-order valence-corrected chi connectivity index (χ1v) is 5.89. The Kier molecular flexibility index (Phi) is 3.26. The first-order chi connectivity index (χ1) is 8.48. The highest BCUT2D eigenvalue weighted by molar-refractivity contribution is 5.97. The molecule has 0 unspecified atom stereocenters. The number of phenolic OH excluding ortho intramolecular Hbond substituents is 1. The summed E-state index contributed by atoms with van der Waals surface area (Å²) in [7, 11) is 0. The van der Waals surface area contributed by atoms with Crippen LogP contribution in [0.2, 0.25) is 0 Å². The van der Waals surface area contributed by atoms with Crippen LogP contribution in [0.3, 0.4) is 0 Å². The Bertz CT molecular complexity index is 453. The van der Waals surface area contributed by atoms with Gasteiger partial charge in [-0.1, -0.05) is 6.07 Å². The Morgan fingerprint density at radius 3 is 2.72 bits per heavy atom. The SMILES string of the molecule is C[C@@](CO)(NC(=O)c1c(O)cccc1F)C1CC1. The lowest BCUT2D eigenvalue weighted by Gasteiger charge is -2.28. The van der Waals surface area contributed by atoms with Gasteiger partial charge in [0.05, 0.1) is 12.1 Å². The maximum atomic E-state index is 13.5. The number of halogens is 1. The molecule has 1 aliphatic carbocycles. The van der Waals surface area contributed by atoms with Gasteiger partial charge in [0.1, 0.15) is 17.1 Å². The number of hydrogen-bond acceptors (Lipinski definition) is 3. The topological polar surface area (TPSA) is 69.6 Å². The molecule has 0 heterocycles. The summed E-state index contributed by atoms with van der Waals surface area (Å²) in [6, 6.07) is 3.70. The van der Waals surface area contributed by atoms with E-state index in [0.29, 0.717) is 0 Å². The predicted molar refractivity (Wildman–Crippen MR) is 63.7 cm³/mol. The molecule has 0 spiro atoms. The number of carbonyl (C=O) groups excluding carboxylic acids is 1. The van der Waals surface area contributed by atoms with Crippen molar-refractivity contribution in [2.75, 3.05) is 6.61 Å². The van der Waals surface area contributed by atoms with Crippen LogP contribution in [-0.4, -0.2) is 28.3 Å². The van der Waals surface area contributed by atoms with Crippen LogP contribution in [0.25, 0.3) is 0 Å². The minimum absolute atomic E-state index is 0.209. The molecule has 1 atom stereocenters. The Morgan fingerprint density at radius 1 is 1.56 bits per heavy atom. The Hall–Kier alpha value is -1.62. The number of hydrogen-bond donors (Lipinski definition) is 3. The van der Waals surface area contributed by atoms with Crippen molar-refractivity contribution in [2.45, 2.75) is 25.3 Å². The summed E-state index contributed by atoms with van der Waals surface area (Å²) in [6.07, 6.45) is 1.86. The first-order valence-electron chi connectivity index (χ1n) is 5.89. The van der Waals surface area contributed by atoms with E-state index in [1.165, 1.54) is 12.1 Å². The molecule has 0 aromatic heterocycles. The van der Waals surface area contributed by atoms with E-state index >= 15 is 0 Å². The van der Waals surface area contributed by atoms with E-state index in [4.69, 9.17) is 0 Å². The summed E-state index contributed by atoms with van der Waals surface area (Å²) < 4.78 is 13.5. The lowest BCUT2D eigenvalue weighted by Crippen LogP contribution is -2.50. The van der Waals surface area contributed by atoms with Crippen LogP contribution in [0.1, 0.15) is 30.1 Å². The lowest BCUT2D eigenvalue weighted by molar-refractivity contribution is 0.0817. The molecule has 2 rings (SSSR count). The number of aliphatic hydroxyl groups is 1. The molecule has 0 radical (unpaired) electrons. The molecule has 1 aromatic carbocycles. The highest BCUT2D eigenvalue weighted by Crippen LogP contribution is 2.39. The fourth-order valence-electron chi connectivity index (χ4n) is 2.05. The minimum Gasteiger partial charge on any atom is -0.507 e. The summed E-state index contributed by atoms with van der Waals surface area (Å²) in [5, 5.41) is 21.5. The number of carbonyl (C=O) groups is 1. The van der Waals surface area contributed by atoms with Gasteiger partial charge >= 0.3 is 0 Å². The van der Waals surface area contributed by atoms with Crippen molar-refractivity contribution in [1.29, 1.82) is 0 Å². The van der Waals surface area contributed by atoms with E-state index in [-0.39, 0.29) is 18.1 Å². The number of amides is 1. The van der Waals surface area contributed by atoms with Gasteiger partial charge in [0.2, 0.25) is 0 Å². The summed E-state index contributed by atoms with van der Waals surface area (Å²) in [6.45, 7) is 1.51. The van der Waals surface area contributed by atoms with Crippen molar-refractivity contribution in [3.8, 4) is 5.75 Å². The molecule has 0 saturated heterocycles. The third-order valence-electron chi connectivity index (χ3n) is 3.42. The second kappa shape index (κ2) is 4.57. The second-order valence-corrected chi connectivity index (χ2v) is 4.94. The number of aromatic hydroxyl groups is 1. The van der Waals surface area contributed by atoms with Crippen LogP contribution in [0.15, 0.2) is 18.2 Å². The van der Waals surface area contributed by atoms with Crippen molar-refractivity contribution in [3.63, 3.8) is 0 Å². The maximum absolute atomic E-state index is 13.5. The van der Waals surface area contributed by atoms with E-state index in [9.17, 15) is 19.4 Å². The average molecular weight is 253 g/mol. The molecule has 4 nitrogen and oxygen atoms in total. The average Bonchev–Trinajstić information content (AvgIpc) is 3.12. The van der Waals surface area contributed by atoms with Gasteiger partial charge < -0.3 is 15.5 Å². The van der Waals surface area contributed by atoms with E-state index in [1.807, 2.05) is 0 Å². The Balaban J connectivity index is 2.21. The molecule has 18 heavy (non-hydrogen) atoms. The highest BCUT2D eigenvalue weighted by atomic mass is 19.1. The van der Waals surface area contributed by atoms with Gasteiger partial charge in [-0.2, -0.15) is 0 Å². The quantitative estimate of drug-likeness (QED) is 0.760. The predicted octanol–water partition coefficient (Wildman–Crippen LogP) is 1.42. The summed E-state index contributed by atoms with van der Waals surface area (Å²) in [5.74, 6) is -1.67. The molecule has 1 saturated carbocycles. The van der Waals surface area contributed by atoms with Gasteiger partial charge in [-0.25, -0.2) is 4.39 Å². The summed E-state index contributed by atoms with van der Waals surface area (Å²) >= 11 is 0. The fraction of sp³-hybridized carbons (Fsp3) is 0.462. The van der Waals surface area contributed by atoms with Crippen LogP contribution in [-0.2, 0) is 0 Å². The Labute approximate surface area is 104 Å². The van der Waals surface area contributed by atoms with Crippen LogP contribution in [0.4, 0.5) is 4.39 Å². The molecule has 1 fully saturated rings. The lowest BCUT2D eigenvalue weighted by atomic mass is 9.96. The zero-order chi connectivity index (χ0) is 13.3. The zero-order valence-electron chi connectivity index (χ0n) is 10.1. The smallest absolute Gasteiger partial charge is 0.258 e. The molecule has 3 N–H and O–H groups in total. The normalized spacial score (nSPS) is 18.2. The van der Waals surface area contributed by atoms with Gasteiger partial charge in [-0.05, 0) is 37.8 Å². The monoisotopic (exact) mass is 253 g/mol. The molecule has 98 valence electrons. The molecule has 0 bridgehead atoms. The Morgan fingerprint density at radius 2 is 2.22 bits per heavy atom. The number of phenols is 1. The van der Waals surface area contributed by atoms with Gasteiger partial charge in [-0.3, -0.25) is 4.79 Å². The first kappa shape index (κ1) is 12.8. The zero-order valence-corrected chi connectivity index (χ0v) is 10.1. The second-order valence-electron chi connectivity index (χ2n) is 4.94. The van der Waals surface area contributed by atoms with Crippen LogP contribution in [0.5, 0.6) is 5.75 Å². The molecule has 1 aromatic rings. The molecular formula is C13H16FNO3. The van der Waals surface area contributed by atoms with E-state index in [0.717, 1.165) is 18.9 Å². The van der Waals surface area contributed by atoms with E-state index in [2.05, 4.69) is 5.32 Å². The molecular weight excluding hydrogens is 237 g/mol. The number of aliphatic hydroxyl groups excluding tert-OH is 1. The van der Waals surface area contributed by atoms with Gasteiger partial charge in [-0.15, -0.1) is 0 Å². The number of rotatable bonds is 4. The standard InChI is InChI=1S/C13H16FNO3/c1-13(7-16,8-5-6-8)15-12(18)11-9(14)3-2-4-10(11)17/h2-4,8,16-17H,5-7H2,1H3,(H,15,18)/t13-/m0/s1. The van der Waals surface area contributed by atoms with Crippen molar-refractivity contribution >= 4 is 5.91 Å². The van der Waals surface area contributed by atoms with Crippen molar-refractivity contribution in [2.24, 2.45) is 5.92 Å².